The average molecular weight is 239 g/mol. The Hall–Kier alpha value is -1.36. The van der Waals surface area contributed by atoms with Crippen LogP contribution in [0.5, 0.6) is 5.88 Å². The standard InChI is InChI=1S/C11H17N3OS/c1-3-15-11-6-4-5-10(13-11)14(2)8-7-9(12)16/h4-6H,3,7-8H2,1-2H3,(H2,12,16). The van der Waals surface area contributed by atoms with Gasteiger partial charge in [-0.3, -0.25) is 0 Å². The quantitative estimate of drug-likeness (QED) is 0.764. The van der Waals surface area contributed by atoms with Crippen LogP contribution in [0.4, 0.5) is 5.82 Å². The Balaban J connectivity index is 2.63. The van der Waals surface area contributed by atoms with Crippen molar-refractivity contribution in [1.82, 2.24) is 4.98 Å². The number of anilines is 1. The van der Waals surface area contributed by atoms with Crippen LogP contribution in [0.2, 0.25) is 0 Å². The molecule has 0 saturated heterocycles. The smallest absolute Gasteiger partial charge is 0.215 e. The Morgan fingerprint density at radius 1 is 1.56 bits per heavy atom. The summed E-state index contributed by atoms with van der Waals surface area (Å²) < 4.78 is 5.33. The van der Waals surface area contributed by atoms with Gasteiger partial charge in [0.1, 0.15) is 5.82 Å². The van der Waals surface area contributed by atoms with Crippen LogP contribution in [-0.2, 0) is 0 Å². The van der Waals surface area contributed by atoms with Crippen LogP contribution in [-0.4, -0.2) is 30.2 Å². The van der Waals surface area contributed by atoms with Gasteiger partial charge in [-0.15, -0.1) is 0 Å². The van der Waals surface area contributed by atoms with Crippen molar-refractivity contribution in [2.24, 2.45) is 5.73 Å². The third-order valence-corrected chi connectivity index (χ3v) is 2.29. The molecule has 0 aliphatic carbocycles. The zero-order valence-corrected chi connectivity index (χ0v) is 10.5. The largest absolute Gasteiger partial charge is 0.478 e. The van der Waals surface area contributed by atoms with Crippen molar-refractivity contribution in [3.63, 3.8) is 0 Å². The minimum Gasteiger partial charge on any atom is -0.478 e. The van der Waals surface area contributed by atoms with Gasteiger partial charge in [0, 0.05) is 26.1 Å². The maximum absolute atomic E-state index is 5.46. The number of ether oxygens (including phenoxy) is 1. The van der Waals surface area contributed by atoms with Crippen molar-refractivity contribution in [1.29, 1.82) is 0 Å². The van der Waals surface area contributed by atoms with Gasteiger partial charge in [-0.2, -0.15) is 4.98 Å². The molecule has 16 heavy (non-hydrogen) atoms. The van der Waals surface area contributed by atoms with E-state index in [-0.39, 0.29) is 0 Å². The Morgan fingerprint density at radius 3 is 2.94 bits per heavy atom. The molecule has 2 N–H and O–H groups in total. The molecule has 5 heteroatoms. The molecule has 0 aliphatic heterocycles. The highest BCUT2D eigenvalue weighted by atomic mass is 32.1. The lowest BCUT2D eigenvalue weighted by Gasteiger charge is -2.18. The molecular formula is C11H17N3OS. The van der Waals surface area contributed by atoms with Gasteiger partial charge in [0.2, 0.25) is 5.88 Å². The van der Waals surface area contributed by atoms with E-state index in [4.69, 9.17) is 22.7 Å². The van der Waals surface area contributed by atoms with E-state index in [2.05, 4.69) is 4.98 Å². The van der Waals surface area contributed by atoms with Crippen LogP contribution < -0.4 is 15.4 Å². The molecule has 0 saturated carbocycles. The van der Waals surface area contributed by atoms with Crippen LogP contribution in [0.25, 0.3) is 0 Å². The van der Waals surface area contributed by atoms with E-state index in [1.807, 2.05) is 37.1 Å². The Morgan fingerprint density at radius 2 is 2.31 bits per heavy atom. The lowest BCUT2D eigenvalue weighted by atomic mass is 10.3. The third kappa shape index (κ3) is 4.02. The summed E-state index contributed by atoms with van der Waals surface area (Å²) in [6.45, 7) is 3.32. The molecule has 0 atom stereocenters. The van der Waals surface area contributed by atoms with Crippen molar-refractivity contribution in [2.45, 2.75) is 13.3 Å². The van der Waals surface area contributed by atoms with Gasteiger partial charge in [0.25, 0.3) is 0 Å². The molecule has 0 bridgehead atoms. The highest BCUT2D eigenvalue weighted by Gasteiger charge is 2.04. The maximum atomic E-state index is 5.46. The molecule has 1 rings (SSSR count). The minimum absolute atomic E-state index is 0.521. The van der Waals surface area contributed by atoms with E-state index in [0.717, 1.165) is 12.4 Å². The summed E-state index contributed by atoms with van der Waals surface area (Å²) in [7, 11) is 1.95. The van der Waals surface area contributed by atoms with Crippen LogP contribution >= 0.6 is 12.2 Å². The highest BCUT2D eigenvalue weighted by molar-refractivity contribution is 7.80. The number of aromatic nitrogens is 1. The van der Waals surface area contributed by atoms with Crippen molar-refractivity contribution in [3.8, 4) is 5.88 Å². The predicted molar refractivity (Wildman–Crippen MR) is 70.1 cm³/mol. The summed E-state index contributed by atoms with van der Waals surface area (Å²) in [5, 5.41) is 0. The van der Waals surface area contributed by atoms with Crippen molar-refractivity contribution in [3.05, 3.63) is 18.2 Å². The molecule has 0 aromatic carbocycles. The lowest BCUT2D eigenvalue weighted by molar-refractivity contribution is 0.327. The summed E-state index contributed by atoms with van der Waals surface area (Å²) in [5.74, 6) is 1.50. The first-order valence-electron chi connectivity index (χ1n) is 5.22. The number of nitrogens with zero attached hydrogens (tertiary/aromatic N) is 2. The number of thiocarbonyl (C=S) groups is 1. The van der Waals surface area contributed by atoms with E-state index in [0.29, 0.717) is 23.9 Å². The van der Waals surface area contributed by atoms with Crippen molar-refractivity contribution >= 4 is 23.0 Å². The van der Waals surface area contributed by atoms with Crippen molar-refractivity contribution in [2.75, 3.05) is 25.1 Å². The number of pyridine rings is 1. The molecule has 0 fully saturated rings. The molecule has 0 radical (unpaired) electrons. The van der Waals surface area contributed by atoms with Crippen molar-refractivity contribution < 1.29 is 4.74 Å². The number of nitrogens with two attached hydrogens (primary N) is 1. The molecule has 1 heterocycles. The van der Waals surface area contributed by atoms with Gasteiger partial charge < -0.3 is 15.4 Å². The molecule has 0 amide bonds. The third-order valence-electron chi connectivity index (χ3n) is 2.09. The van der Waals surface area contributed by atoms with Gasteiger partial charge in [0.05, 0.1) is 11.6 Å². The Kier molecular flexibility index (Phi) is 4.98. The highest BCUT2D eigenvalue weighted by Crippen LogP contribution is 2.14. The molecule has 1 aromatic heterocycles. The fraction of sp³-hybridized carbons (Fsp3) is 0.455. The van der Waals surface area contributed by atoms with Crippen LogP contribution in [0.15, 0.2) is 18.2 Å². The summed E-state index contributed by atoms with van der Waals surface area (Å²) >= 11 is 4.84. The SMILES string of the molecule is CCOc1cccc(N(C)CCC(N)=S)n1. The number of hydrogen-bond acceptors (Lipinski definition) is 4. The summed E-state index contributed by atoms with van der Waals surface area (Å²) in [6, 6.07) is 5.70. The predicted octanol–water partition coefficient (Wildman–Crippen LogP) is 1.59. The van der Waals surface area contributed by atoms with E-state index < -0.39 is 0 Å². The van der Waals surface area contributed by atoms with Gasteiger partial charge in [-0.05, 0) is 13.0 Å². The Labute approximate surface area is 101 Å². The fourth-order valence-corrected chi connectivity index (χ4v) is 1.33. The van der Waals surface area contributed by atoms with Gasteiger partial charge >= 0.3 is 0 Å². The zero-order chi connectivity index (χ0) is 12.0. The number of rotatable bonds is 6. The molecule has 0 aliphatic rings. The average Bonchev–Trinajstić information content (AvgIpc) is 2.26. The van der Waals surface area contributed by atoms with Crippen LogP contribution in [0.1, 0.15) is 13.3 Å². The van der Waals surface area contributed by atoms with E-state index >= 15 is 0 Å². The second-order valence-electron chi connectivity index (χ2n) is 3.40. The second kappa shape index (κ2) is 6.27. The topological polar surface area (TPSA) is 51.4 Å². The normalized spacial score (nSPS) is 9.88. The first-order valence-corrected chi connectivity index (χ1v) is 5.63. The summed E-state index contributed by atoms with van der Waals surface area (Å²) in [4.78, 5) is 6.88. The molecular weight excluding hydrogens is 222 g/mol. The second-order valence-corrected chi connectivity index (χ2v) is 3.93. The molecule has 4 nitrogen and oxygen atoms in total. The first-order chi connectivity index (χ1) is 7.63. The monoisotopic (exact) mass is 239 g/mol. The van der Waals surface area contributed by atoms with E-state index in [9.17, 15) is 0 Å². The zero-order valence-electron chi connectivity index (χ0n) is 9.64. The lowest BCUT2D eigenvalue weighted by Crippen LogP contribution is -2.24. The van der Waals surface area contributed by atoms with E-state index in [1.165, 1.54) is 0 Å². The van der Waals surface area contributed by atoms with Gasteiger partial charge in [-0.1, -0.05) is 18.3 Å². The fourth-order valence-electron chi connectivity index (χ4n) is 1.24. The number of hydrogen-bond donors (Lipinski definition) is 1. The molecule has 88 valence electrons. The maximum Gasteiger partial charge on any atom is 0.215 e. The van der Waals surface area contributed by atoms with Gasteiger partial charge in [0.15, 0.2) is 0 Å². The van der Waals surface area contributed by atoms with Crippen LogP contribution in [0.3, 0.4) is 0 Å². The first kappa shape index (κ1) is 12.7. The van der Waals surface area contributed by atoms with Gasteiger partial charge in [-0.25, -0.2) is 0 Å². The summed E-state index contributed by atoms with van der Waals surface area (Å²) in [5.41, 5.74) is 5.46. The summed E-state index contributed by atoms with van der Waals surface area (Å²) in [6.07, 6.45) is 0.687. The Bertz CT molecular complexity index is 357. The van der Waals surface area contributed by atoms with E-state index in [1.54, 1.807) is 0 Å². The van der Waals surface area contributed by atoms with Crippen LogP contribution in [0, 0.1) is 0 Å². The molecule has 1 aromatic rings. The molecule has 0 unspecified atom stereocenters. The molecule has 0 spiro atoms. The minimum atomic E-state index is 0.521.